The molecule has 0 aromatic heterocycles. The molecule has 0 aromatic carbocycles. The molecule has 94 valence electrons. The summed E-state index contributed by atoms with van der Waals surface area (Å²) >= 11 is 15.6. The van der Waals surface area contributed by atoms with Crippen molar-refractivity contribution in [3.05, 3.63) is 0 Å². The van der Waals surface area contributed by atoms with Crippen LogP contribution in [0.5, 0.6) is 0 Å². The molecule has 0 N–H and O–H groups in total. The smallest absolute Gasteiger partial charge is 0.0721 e. The zero-order valence-corrected chi connectivity index (χ0v) is 15.7. The molecule has 17 heavy (non-hydrogen) atoms. The van der Waals surface area contributed by atoms with Gasteiger partial charge in [-0.15, -0.1) is 0 Å². The number of hydrogen-bond acceptors (Lipinski definition) is 0. The van der Waals surface area contributed by atoms with Gasteiger partial charge in [-0.1, -0.05) is 63.7 Å². The van der Waals surface area contributed by atoms with Gasteiger partial charge < -0.3 is 0 Å². The van der Waals surface area contributed by atoms with E-state index in [1.807, 2.05) is 0 Å². The van der Waals surface area contributed by atoms with E-state index >= 15 is 0 Å². The van der Waals surface area contributed by atoms with Crippen molar-refractivity contribution in [1.29, 1.82) is 0 Å². The monoisotopic (exact) mass is 486 g/mol. The van der Waals surface area contributed by atoms with E-state index < -0.39 is 0 Å². The van der Waals surface area contributed by atoms with Gasteiger partial charge in [-0.05, 0) is 66.6 Å². The third-order valence-electron chi connectivity index (χ3n) is 6.85. The highest BCUT2D eigenvalue weighted by molar-refractivity contribution is 9.26. The van der Waals surface area contributed by atoms with Crippen molar-refractivity contribution in [1.82, 2.24) is 0 Å². The van der Waals surface area contributed by atoms with Gasteiger partial charge in [0.15, 0.2) is 0 Å². The highest BCUT2D eigenvalue weighted by Gasteiger charge is 2.84. The second-order valence-corrected chi connectivity index (χ2v) is 14.7. The lowest BCUT2D eigenvalue weighted by molar-refractivity contribution is 0.157. The van der Waals surface area contributed by atoms with Crippen molar-refractivity contribution < 1.29 is 0 Å². The normalized spacial score (nSPS) is 67.1. The van der Waals surface area contributed by atoms with Crippen LogP contribution in [0.15, 0.2) is 0 Å². The Labute approximate surface area is 136 Å². The molecule has 0 heterocycles. The third-order valence-corrected chi connectivity index (χ3v) is 11.6. The summed E-state index contributed by atoms with van der Waals surface area (Å²) in [5, 5.41) is 0. The van der Waals surface area contributed by atoms with Crippen molar-refractivity contribution in [3.63, 3.8) is 0 Å². The molecule has 0 aromatic rings. The van der Waals surface area contributed by atoms with Crippen LogP contribution in [0.1, 0.15) is 32.1 Å². The summed E-state index contributed by atoms with van der Waals surface area (Å²) in [7, 11) is 0. The Balaban J connectivity index is 1.50. The minimum absolute atomic E-state index is 0.321. The number of alkyl halides is 4. The van der Waals surface area contributed by atoms with Crippen LogP contribution < -0.4 is 0 Å². The van der Waals surface area contributed by atoms with E-state index in [2.05, 4.69) is 63.7 Å². The first kappa shape index (κ1) is 11.6. The molecule has 0 unspecified atom stereocenters. The Bertz CT molecular complexity index is 373. The van der Waals surface area contributed by atoms with Gasteiger partial charge in [0, 0.05) is 0 Å². The highest BCUT2D eigenvalue weighted by atomic mass is 79.9. The van der Waals surface area contributed by atoms with Crippen LogP contribution in [0.2, 0.25) is 0 Å². The fourth-order valence-electron chi connectivity index (χ4n) is 5.64. The van der Waals surface area contributed by atoms with Gasteiger partial charge in [-0.3, -0.25) is 0 Å². The maximum absolute atomic E-state index is 3.90. The number of halogens is 4. The highest BCUT2D eigenvalue weighted by Crippen LogP contribution is 2.91. The summed E-state index contributed by atoms with van der Waals surface area (Å²) in [6, 6.07) is 0. The van der Waals surface area contributed by atoms with E-state index in [1.165, 1.54) is 25.7 Å². The van der Waals surface area contributed by atoms with E-state index in [0.717, 1.165) is 34.5 Å². The summed E-state index contributed by atoms with van der Waals surface area (Å²) in [6.07, 6.45) is 7.47. The van der Waals surface area contributed by atoms with Gasteiger partial charge in [-0.2, -0.15) is 0 Å². The first-order chi connectivity index (χ1) is 7.83. The maximum atomic E-state index is 3.90. The quantitative estimate of drug-likeness (QED) is 0.399. The second-order valence-electron chi connectivity index (χ2n) is 7.33. The minimum Gasteiger partial charge on any atom is -0.0721 e. The Morgan fingerprint density at radius 3 is 1.18 bits per heavy atom. The molecule has 5 fully saturated rings. The number of rotatable bonds is 0. The molecule has 0 amide bonds. The van der Waals surface area contributed by atoms with Crippen molar-refractivity contribution in [3.8, 4) is 0 Å². The summed E-state index contributed by atoms with van der Waals surface area (Å²) in [5.41, 5.74) is 1.48. The maximum Gasteiger partial charge on any atom is 0.0868 e. The number of fused-ring (bicyclic) bond motifs is 2. The molecule has 4 heteroatoms. The summed E-state index contributed by atoms with van der Waals surface area (Å²) in [6.45, 7) is 0. The summed E-state index contributed by atoms with van der Waals surface area (Å²) < 4.78 is 0.643. The lowest BCUT2D eigenvalue weighted by atomic mass is 9.71. The molecule has 0 aliphatic heterocycles. The van der Waals surface area contributed by atoms with Gasteiger partial charge in [0.2, 0.25) is 0 Å². The van der Waals surface area contributed by atoms with Crippen LogP contribution in [0.4, 0.5) is 0 Å². The molecule has 0 nitrogen and oxygen atoms in total. The largest absolute Gasteiger partial charge is 0.0868 e. The van der Waals surface area contributed by atoms with Crippen molar-refractivity contribution in [2.45, 2.75) is 38.6 Å². The molecule has 0 saturated heterocycles. The zero-order valence-electron chi connectivity index (χ0n) is 9.36. The van der Waals surface area contributed by atoms with Crippen LogP contribution in [0, 0.1) is 34.5 Å². The Kier molecular flexibility index (Phi) is 1.89. The Morgan fingerprint density at radius 2 is 0.882 bits per heavy atom. The lowest BCUT2D eigenvalue weighted by Crippen LogP contribution is -2.25. The molecular weight excluding hydrogens is 476 g/mol. The van der Waals surface area contributed by atoms with Gasteiger partial charge in [-0.25, -0.2) is 0 Å². The molecular formula is C13H14Br4. The first-order valence-electron chi connectivity index (χ1n) is 6.58. The zero-order chi connectivity index (χ0) is 11.8. The predicted octanol–water partition coefficient (Wildman–Crippen LogP) is 5.41. The van der Waals surface area contributed by atoms with E-state index in [0.29, 0.717) is 6.47 Å². The standard InChI is InChI=1S/C13H14Br4/c14-12(15)6-1-10-2-8-9(13(8,16)17)4-11(10,5-10)3-7(6)12/h6-9H,1-5H2/t6-,7-,8-,9-,10?,11?/m1/s1. The minimum atomic E-state index is 0.321. The third kappa shape index (κ3) is 1.15. The fraction of sp³-hybridized carbons (Fsp3) is 1.00. The van der Waals surface area contributed by atoms with Gasteiger partial charge in [0.25, 0.3) is 0 Å². The van der Waals surface area contributed by atoms with Gasteiger partial charge in [0.1, 0.15) is 0 Å². The molecule has 0 radical (unpaired) electrons. The number of hydrogen-bond donors (Lipinski definition) is 0. The molecule has 0 spiro atoms. The van der Waals surface area contributed by atoms with Crippen LogP contribution in [-0.4, -0.2) is 6.47 Å². The Morgan fingerprint density at radius 1 is 0.588 bits per heavy atom. The second kappa shape index (κ2) is 2.78. The van der Waals surface area contributed by atoms with E-state index in [-0.39, 0.29) is 0 Å². The molecule has 5 saturated carbocycles. The molecule has 5 aliphatic rings. The van der Waals surface area contributed by atoms with Crippen LogP contribution in [0.3, 0.4) is 0 Å². The topological polar surface area (TPSA) is 0 Å². The van der Waals surface area contributed by atoms with Crippen LogP contribution in [0.25, 0.3) is 0 Å². The first-order valence-corrected chi connectivity index (χ1v) is 9.75. The van der Waals surface area contributed by atoms with E-state index in [9.17, 15) is 0 Å². The average molecular weight is 490 g/mol. The van der Waals surface area contributed by atoms with E-state index in [1.54, 1.807) is 6.42 Å². The predicted molar refractivity (Wildman–Crippen MR) is 83.1 cm³/mol. The molecule has 5 aliphatic carbocycles. The SMILES string of the molecule is BrC1(Br)[C@@H]2CC34C[C@@H]5[C@@H](CC3(C[C@H]21)C4)C5(Br)Br. The summed E-state index contributed by atoms with van der Waals surface area (Å²) in [5.74, 6) is 3.64. The van der Waals surface area contributed by atoms with Crippen LogP contribution >= 0.6 is 63.7 Å². The van der Waals surface area contributed by atoms with Gasteiger partial charge >= 0.3 is 0 Å². The Hall–Kier alpha value is 1.92. The summed E-state index contributed by atoms with van der Waals surface area (Å²) in [4.78, 5) is 0. The van der Waals surface area contributed by atoms with Gasteiger partial charge in [0.05, 0.1) is 6.47 Å². The van der Waals surface area contributed by atoms with Crippen molar-refractivity contribution >= 4 is 63.7 Å². The molecule has 4 atom stereocenters. The lowest BCUT2D eigenvalue weighted by Gasteiger charge is -2.33. The molecule has 5 rings (SSSR count). The van der Waals surface area contributed by atoms with E-state index in [4.69, 9.17) is 0 Å². The van der Waals surface area contributed by atoms with Crippen molar-refractivity contribution in [2.24, 2.45) is 34.5 Å². The molecule has 0 bridgehead atoms. The fourth-order valence-corrected chi connectivity index (χ4v) is 8.96. The van der Waals surface area contributed by atoms with Crippen LogP contribution in [-0.2, 0) is 0 Å². The van der Waals surface area contributed by atoms with Crippen molar-refractivity contribution in [2.75, 3.05) is 0 Å². The average Bonchev–Trinajstić information content (AvgIpc) is 3.13.